The fourth-order valence-corrected chi connectivity index (χ4v) is 3.89. The zero-order chi connectivity index (χ0) is 21.7. The van der Waals surface area contributed by atoms with E-state index in [4.69, 9.17) is 17.3 Å². The first-order chi connectivity index (χ1) is 14.3. The molecule has 3 atom stereocenters. The van der Waals surface area contributed by atoms with Gasteiger partial charge >= 0.3 is 0 Å². The number of pyridine rings is 1. The summed E-state index contributed by atoms with van der Waals surface area (Å²) in [5.74, 6) is 0.398. The van der Waals surface area contributed by atoms with Gasteiger partial charge in [-0.3, -0.25) is 9.59 Å². The van der Waals surface area contributed by atoms with Gasteiger partial charge in [0.15, 0.2) is 0 Å². The van der Waals surface area contributed by atoms with Crippen molar-refractivity contribution in [2.45, 2.75) is 45.3 Å². The highest BCUT2D eigenvalue weighted by Crippen LogP contribution is 2.21. The third-order valence-electron chi connectivity index (χ3n) is 5.37. The van der Waals surface area contributed by atoms with E-state index in [0.717, 1.165) is 41.2 Å². The quantitative estimate of drug-likeness (QED) is 0.465. The van der Waals surface area contributed by atoms with Gasteiger partial charge in [-0.1, -0.05) is 29.8 Å². The molecule has 2 amide bonds. The van der Waals surface area contributed by atoms with E-state index in [2.05, 4.69) is 20.9 Å². The first-order valence-electron chi connectivity index (χ1n) is 10.1. The SMILES string of the molecule is Cc1nc(N)ccc1CNC(=O)[C@H](C)NC(=O)[C@H]1C[C@H](Cc2cccc(Cl)c2)CN1.Cl.Cl. The van der Waals surface area contributed by atoms with Crippen molar-refractivity contribution in [2.75, 3.05) is 12.3 Å². The first-order valence-corrected chi connectivity index (χ1v) is 10.5. The second-order valence-electron chi connectivity index (χ2n) is 7.83. The summed E-state index contributed by atoms with van der Waals surface area (Å²) in [4.78, 5) is 29.1. The monoisotopic (exact) mass is 501 g/mol. The standard InChI is InChI=1S/C22H28ClN5O2.2ClH/c1-13-17(6-7-20(24)27-13)12-26-21(29)14(2)28-22(30)19-10-16(11-25-19)8-15-4-3-5-18(23)9-15;;/h3-7,9,14,16,19,25H,8,10-12H2,1-2H3,(H2,24,27)(H,26,29)(H,28,30);2*1H/t14-,16-,19+;;/m0../s1. The summed E-state index contributed by atoms with van der Waals surface area (Å²) in [5.41, 5.74) is 8.47. The van der Waals surface area contributed by atoms with Crippen molar-refractivity contribution in [1.29, 1.82) is 0 Å². The maximum absolute atomic E-state index is 12.6. The Morgan fingerprint density at radius 2 is 2.03 bits per heavy atom. The van der Waals surface area contributed by atoms with Crippen LogP contribution >= 0.6 is 36.4 Å². The Morgan fingerprint density at radius 1 is 1.28 bits per heavy atom. The number of aryl methyl sites for hydroxylation is 1. The average molecular weight is 503 g/mol. The molecule has 32 heavy (non-hydrogen) atoms. The number of rotatable bonds is 7. The second-order valence-corrected chi connectivity index (χ2v) is 8.26. The molecule has 2 aromatic rings. The molecule has 1 aromatic carbocycles. The van der Waals surface area contributed by atoms with Crippen LogP contribution in [0.3, 0.4) is 0 Å². The summed E-state index contributed by atoms with van der Waals surface area (Å²) >= 11 is 6.05. The number of carbonyl (C=O) groups is 2. The smallest absolute Gasteiger partial charge is 0.242 e. The minimum Gasteiger partial charge on any atom is -0.384 e. The number of aromatic nitrogens is 1. The lowest BCUT2D eigenvalue weighted by Gasteiger charge is -2.17. The maximum Gasteiger partial charge on any atom is 0.242 e. The summed E-state index contributed by atoms with van der Waals surface area (Å²) in [6, 6.07) is 10.4. The summed E-state index contributed by atoms with van der Waals surface area (Å²) in [5, 5.41) is 9.62. The third-order valence-corrected chi connectivity index (χ3v) is 5.61. The number of carbonyl (C=O) groups excluding carboxylic acids is 2. The van der Waals surface area contributed by atoms with Gasteiger partial charge in [0.25, 0.3) is 0 Å². The van der Waals surface area contributed by atoms with Crippen LogP contribution in [0.5, 0.6) is 0 Å². The van der Waals surface area contributed by atoms with Crippen LogP contribution in [0.2, 0.25) is 5.02 Å². The molecule has 0 bridgehead atoms. The number of nitrogen functional groups attached to an aromatic ring is 1. The number of hydrogen-bond acceptors (Lipinski definition) is 5. The van der Waals surface area contributed by atoms with Gasteiger partial charge in [0, 0.05) is 17.3 Å². The Morgan fingerprint density at radius 3 is 2.72 bits per heavy atom. The lowest BCUT2D eigenvalue weighted by Crippen LogP contribution is -2.50. The molecule has 176 valence electrons. The molecule has 1 saturated heterocycles. The highest BCUT2D eigenvalue weighted by Gasteiger charge is 2.30. The van der Waals surface area contributed by atoms with Crippen LogP contribution in [0.25, 0.3) is 0 Å². The van der Waals surface area contributed by atoms with Crippen LogP contribution < -0.4 is 21.7 Å². The molecular weight excluding hydrogens is 473 g/mol. The lowest BCUT2D eigenvalue weighted by atomic mass is 9.96. The van der Waals surface area contributed by atoms with Crippen molar-refractivity contribution in [3.8, 4) is 0 Å². The van der Waals surface area contributed by atoms with Crippen LogP contribution in [0.15, 0.2) is 36.4 Å². The zero-order valence-electron chi connectivity index (χ0n) is 18.1. The minimum absolute atomic E-state index is 0. The molecule has 1 aromatic heterocycles. The number of nitrogens with two attached hydrogens (primary N) is 1. The van der Waals surface area contributed by atoms with E-state index in [1.807, 2.05) is 37.3 Å². The molecule has 7 nitrogen and oxygen atoms in total. The van der Waals surface area contributed by atoms with Crippen molar-refractivity contribution >= 4 is 54.0 Å². The third kappa shape index (κ3) is 7.81. The average Bonchev–Trinajstić information content (AvgIpc) is 3.15. The molecule has 2 heterocycles. The molecule has 0 radical (unpaired) electrons. The second kappa shape index (κ2) is 12.8. The van der Waals surface area contributed by atoms with Gasteiger partial charge in [-0.2, -0.15) is 0 Å². The van der Waals surface area contributed by atoms with Crippen molar-refractivity contribution in [2.24, 2.45) is 5.92 Å². The molecule has 1 aliphatic heterocycles. The predicted octanol–water partition coefficient (Wildman–Crippen LogP) is 2.81. The number of halogens is 3. The van der Waals surface area contributed by atoms with E-state index in [9.17, 15) is 9.59 Å². The normalized spacial score (nSPS) is 18.1. The molecule has 1 fully saturated rings. The topological polar surface area (TPSA) is 109 Å². The Hall–Kier alpha value is -2.06. The van der Waals surface area contributed by atoms with Crippen LogP contribution in [-0.4, -0.2) is 35.4 Å². The Balaban J connectivity index is 0.00000256. The highest BCUT2D eigenvalue weighted by atomic mass is 35.5. The van der Waals surface area contributed by atoms with E-state index in [1.165, 1.54) is 0 Å². The van der Waals surface area contributed by atoms with Gasteiger partial charge in [-0.05, 0) is 68.5 Å². The molecular formula is C22H30Cl3N5O2. The van der Waals surface area contributed by atoms with Crippen LogP contribution in [0, 0.1) is 12.8 Å². The number of benzene rings is 1. The zero-order valence-corrected chi connectivity index (χ0v) is 20.4. The van der Waals surface area contributed by atoms with Crippen LogP contribution in [-0.2, 0) is 22.6 Å². The molecule has 0 saturated carbocycles. The van der Waals surface area contributed by atoms with E-state index < -0.39 is 6.04 Å². The fraction of sp³-hybridized carbons (Fsp3) is 0.409. The largest absolute Gasteiger partial charge is 0.384 e. The van der Waals surface area contributed by atoms with E-state index in [0.29, 0.717) is 18.3 Å². The Labute approximate surface area is 206 Å². The fourth-order valence-electron chi connectivity index (χ4n) is 3.67. The number of nitrogens with one attached hydrogen (secondary N) is 3. The molecule has 5 N–H and O–H groups in total. The van der Waals surface area contributed by atoms with E-state index >= 15 is 0 Å². The first kappa shape index (κ1) is 28.0. The Bertz CT molecular complexity index is 928. The van der Waals surface area contributed by atoms with Gasteiger partial charge in [0.1, 0.15) is 11.9 Å². The summed E-state index contributed by atoms with van der Waals surface area (Å²) in [6.07, 6.45) is 1.59. The van der Waals surface area contributed by atoms with Gasteiger partial charge in [-0.25, -0.2) is 4.98 Å². The summed E-state index contributed by atoms with van der Waals surface area (Å²) < 4.78 is 0. The highest BCUT2D eigenvalue weighted by molar-refractivity contribution is 6.30. The van der Waals surface area contributed by atoms with Gasteiger partial charge < -0.3 is 21.7 Å². The Kier molecular flexibility index (Phi) is 11.2. The van der Waals surface area contributed by atoms with Gasteiger partial charge in [-0.15, -0.1) is 24.8 Å². The summed E-state index contributed by atoms with van der Waals surface area (Å²) in [6.45, 7) is 4.62. The van der Waals surface area contributed by atoms with Crippen LogP contribution in [0.1, 0.15) is 30.2 Å². The maximum atomic E-state index is 12.6. The van der Waals surface area contributed by atoms with Crippen molar-refractivity contribution in [1.82, 2.24) is 20.9 Å². The van der Waals surface area contributed by atoms with E-state index in [1.54, 1.807) is 13.0 Å². The van der Waals surface area contributed by atoms with Gasteiger partial charge in [0.05, 0.1) is 6.04 Å². The number of anilines is 1. The predicted molar refractivity (Wildman–Crippen MR) is 132 cm³/mol. The molecule has 1 aliphatic rings. The minimum atomic E-state index is -0.631. The van der Waals surface area contributed by atoms with Crippen molar-refractivity contribution < 1.29 is 9.59 Å². The molecule has 0 spiro atoms. The van der Waals surface area contributed by atoms with Crippen molar-refractivity contribution in [3.05, 3.63) is 58.2 Å². The number of amides is 2. The van der Waals surface area contributed by atoms with Gasteiger partial charge in [0.2, 0.25) is 11.8 Å². The number of hydrogen-bond donors (Lipinski definition) is 4. The number of nitrogens with zero attached hydrogens (tertiary/aromatic N) is 1. The van der Waals surface area contributed by atoms with E-state index in [-0.39, 0.29) is 42.7 Å². The molecule has 3 rings (SSSR count). The van der Waals surface area contributed by atoms with Crippen LogP contribution in [0.4, 0.5) is 5.82 Å². The lowest BCUT2D eigenvalue weighted by molar-refractivity contribution is -0.129. The molecule has 10 heteroatoms. The molecule has 0 aliphatic carbocycles. The van der Waals surface area contributed by atoms with Crippen molar-refractivity contribution in [3.63, 3.8) is 0 Å². The summed E-state index contributed by atoms with van der Waals surface area (Å²) in [7, 11) is 0. The molecule has 0 unspecified atom stereocenters.